The van der Waals surface area contributed by atoms with Crippen molar-refractivity contribution in [3.8, 4) is 0 Å². The first-order valence-corrected chi connectivity index (χ1v) is 25.8. The number of carbonyl (C=O) groups excluding carboxylic acids is 1. The number of carbonyl (C=O) groups is 1. The Labute approximate surface area is 391 Å². The van der Waals surface area contributed by atoms with Crippen molar-refractivity contribution in [3.05, 3.63) is 85.1 Å². The molecule has 64 heavy (non-hydrogen) atoms. The van der Waals surface area contributed by atoms with E-state index in [9.17, 15) is 30.3 Å². The summed E-state index contributed by atoms with van der Waals surface area (Å²) >= 11 is 0. The van der Waals surface area contributed by atoms with Gasteiger partial charge in [-0.05, 0) is 70.6 Å². The van der Waals surface area contributed by atoms with Crippen LogP contribution in [-0.2, 0) is 14.3 Å². The van der Waals surface area contributed by atoms with Gasteiger partial charge in [-0.3, -0.25) is 4.79 Å². The third-order valence-corrected chi connectivity index (χ3v) is 11.7. The number of hydrogen-bond donors (Lipinski definition) is 6. The lowest BCUT2D eigenvalue weighted by molar-refractivity contribution is -0.302. The van der Waals surface area contributed by atoms with Crippen LogP contribution in [0.3, 0.4) is 0 Å². The van der Waals surface area contributed by atoms with Crippen molar-refractivity contribution in [2.75, 3.05) is 13.2 Å². The third-order valence-electron chi connectivity index (χ3n) is 11.7. The lowest BCUT2D eigenvalue weighted by atomic mass is 9.99. The van der Waals surface area contributed by atoms with Gasteiger partial charge >= 0.3 is 0 Å². The number of unbranched alkanes of at least 4 members (excludes halogenated alkanes) is 20. The second-order valence-corrected chi connectivity index (χ2v) is 17.6. The van der Waals surface area contributed by atoms with Gasteiger partial charge in [-0.15, -0.1) is 0 Å². The summed E-state index contributed by atoms with van der Waals surface area (Å²) in [5.41, 5.74) is 0. The molecule has 1 amide bonds. The first kappa shape index (κ1) is 59.4. The van der Waals surface area contributed by atoms with Crippen molar-refractivity contribution in [1.82, 2.24) is 5.32 Å². The summed E-state index contributed by atoms with van der Waals surface area (Å²) in [7, 11) is 0. The highest BCUT2D eigenvalue weighted by molar-refractivity contribution is 5.76. The van der Waals surface area contributed by atoms with Crippen LogP contribution in [0.1, 0.15) is 200 Å². The Bertz CT molecular complexity index is 1270. The van der Waals surface area contributed by atoms with Crippen LogP contribution in [-0.4, -0.2) is 87.5 Å². The monoisotopic (exact) mass is 898 g/mol. The summed E-state index contributed by atoms with van der Waals surface area (Å²) in [6.45, 7) is 3.56. The van der Waals surface area contributed by atoms with Gasteiger partial charge in [-0.1, -0.05) is 208 Å². The fourth-order valence-electron chi connectivity index (χ4n) is 7.63. The van der Waals surface area contributed by atoms with Crippen LogP contribution in [0.4, 0.5) is 0 Å². The summed E-state index contributed by atoms with van der Waals surface area (Å²) < 4.78 is 11.1. The normalized spacial score (nSPS) is 20.8. The smallest absolute Gasteiger partial charge is 0.220 e. The van der Waals surface area contributed by atoms with Crippen LogP contribution in [0.5, 0.6) is 0 Å². The van der Waals surface area contributed by atoms with Gasteiger partial charge in [-0.25, -0.2) is 0 Å². The Morgan fingerprint density at radius 1 is 0.547 bits per heavy atom. The Morgan fingerprint density at radius 3 is 1.44 bits per heavy atom. The van der Waals surface area contributed by atoms with Gasteiger partial charge < -0.3 is 40.3 Å². The van der Waals surface area contributed by atoms with Crippen LogP contribution in [0.15, 0.2) is 85.1 Å². The maximum Gasteiger partial charge on any atom is 0.220 e. The zero-order valence-corrected chi connectivity index (χ0v) is 40.5. The largest absolute Gasteiger partial charge is 0.394 e. The maximum atomic E-state index is 12.9. The Kier molecular flexibility index (Phi) is 41.0. The number of aliphatic hydroxyl groups is 5. The molecule has 7 unspecified atom stereocenters. The van der Waals surface area contributed by atoms with Gasteiger partial charge in [0.1, 0.15) is 24.4 Å². The highest BCUT2D eigenvalue weighted by atomic mass is 16.7. The predicted octanol–water partition coefficient (Wildman–Crippen LogP) is 11.9. The van der Waals surface area contributed by atoms with E-state index in [0.717, 1.165) is 89.9 Å². The van der Waals surface area contributed by atoms with Gasteiger partial charge in [-0.2, -0.15) is 0 Å². The quantitative estimate of drug-likeness (QED) is 0.0262. The first-order chi connectivity index (χ1) is 31.3. The molecule has 0 aromatic heterocycles. The molecule has 368 valence electrons. The van der Waals surface area contributed by atoms with E-state index in [0.29, 0.717) is 6.42 Å². The lowest BCUT2D eigenvalue weighted by Crippen LogP contribution is -2.60. The molecule has 9 nitrogen and oxygen atoms in total. The fraction of sp³-hybridized carbons (Fsp3) is 0.727. The van der Waals surface area contributed by atoms with Crippen molar-refractivity contribution in [2.24, 2.45) is 0 Å². The highest BCUT2D eigenvalue weighted by Gasteiger charge is 2.44. The molecular weight excluding hydrogens is 803 g/mol. The zero-order chi connectivity index (χ0) is 46.6. The minimum Gasteiger partial charge on any atom is -0.394 e. The first-order valence-electron chi connectivity index (χ1n) is 25.8. The molecule has 0 radical (unpaired) electrons. The zero-order valence-electron chi connectivity index (χ0n) is 40.5. The van der Waals surface area contributed by atoms with Crippen molar-refractivity contribution >= 4 is 5.91 Å². The summed E-state index contributed by atoms with van der Waals surface area (Å²) in [4.78, 5) is 12.9. The summed E-state index contributed by atoms with van der Waals surface area (Å²) in [5.74, 6) is -0.186. The SMILES string of the molecule is CC/C=C\C/C=C\C/C=C\C/C=C\C/C=C\C/C=C\CCCCCCCCCCCCCCCCCCC(=O)NC(COC1OC(CO)C(O)C(O)C1O)C(O)/C=C/CCCCCC. The van der Waals surface area contributed by atoms with Gasteiger partial charge in [0, 0.05) is 6.42 Å². The average molecular weight is 898 g/mol. The number of hydrogen-bond acceptors (Lipinski definition) is 8. The van der Waals surface area contributed by atoms with Crippen LogP contribution in [0.2, 0.25) is 0 Å². The second-order valence-electron chi connectivity index (χ2n) is 17.6. The predicted molar refractivity (Wildman–Crippen MR) is 267 cm³/mol. The molecule has 6 N–H and O–H groups in total. The second kappa shape index (κ2) is 44.2. The molecule has 7 atom stereocenters. The molecule has 0 saturated carbocycles. The molecule has 0 aromatic carbocycles. The molecule has 9 heteroatoms. The molecule has 1 rings (SSSR count). The van der Waals surface area contributed by atoms with E-state index in [1.807, 2.05) is 6.08 Å². The number of nitrogens with one attached hydrogen (secondary N) is 1. The van der Waals surface area contributed by atoms with Crippen molar-refractivity contribution < 1.29 is 39.8 Å². The van der Waals surface area contributed by atoms with Crippen LogP contribution >= 0.6 is 0 Å². The molecule has 0 aliphatic carbocycles. The number of amides is 1. The molecule has 1 aliphatic rings. The molecule has 0 spiro atoms. The summed E-state index contributed by atoms with van der Waals surface area (Å²) in [6, 6.07) is -0.804. The fourth-order valence-corrected chi connectivity index (χ4v) is 7.63. The van der Waals surface area contributed by atoms with E-state index in [1.54, 1.807) is 6.08 Å². The molecule has 0 bridgehead atoms. The van der Waals surface area contributed by atoms with Gasteiger partial charge in [0.2, 0.25) is 5.91 Å². The van der Waals surface area contributed by atoms with Crippen LogP contribution in [0.25, 0.3) is 0 Å². The van der Waals surface area contributed by atoms with E-state index in [1.165, 1.54) is 89.9 Å². The Hall–Kier alpha value is -2.63. The lowest BCUT2D eigenvalue weighted by Gasteiger charge is -2.40. The minimum atomic E-state index is -1.57. The van der Waals surface area contributed by atoms with Crippen molar-refractivity contribution in [3.63, 3.8) is 0 Å². The van der Waals surface area contributed by atoms with Gasteiger partial charge in [0.25, 0.3) is 0 Å². The topological polar surface area (TPSA) is 149 Å². The average Bonchev–Trinajstić information content (AvgIpc) is 3.29. The number of aliphatic hydroxyl groups excluding tert-OH is 5. The summed E-state index contributed by atoms with van der Waals surface area (Å²) in [6.07, 6.45) is 55.5. The van der Waals surface area contributed by atoms with E-state index >= 15 is 0 Å². The van der Waals surface area contributed by atoms with Crippen molar-refractivity contribution in [2.45, 2.75) is 243 Å². The van der Waals surface area contributed by atoms with Crippen LogP contribution in [0, 0.1) is 0 Å². The van der Waals surface area contributed by atoms with E-state index in [-0.39, 0.29) is 12.5 Å². The molecule has 1 saturated heterocycles. The molecule has 1 heterocycles. The molecular formula is C55H95NO8. The molecule has 1 fully saturated rings. The van der Waals surface area contributed by atoms with E-state index in [4.69, 9.17) is 9.47 Å². The Morgan fingerprint density at radius 2 is 0.969 bits per heavy atom. The van der Waals surface area contributed by atoms with E-state index < -0.39 is 49.5 Å². The minimum absolute atomic E-state index is 0.186. The van der Waals surface area contributed by atoms with Crippen molar-refractivity contribution in [1.29, 1.82) is 0 Å². The van der Waals surface area contributed by atoms with Gasteiger partial charge in [0.15, 0.2) is 6.29 Å². The maximum absolute atomic E-state index is 12.9. The van der Waals surface area contributed by atoms with E-state index in [2.05, 4.69) is 92.1 Å². The standard InChI is InChI=1S/C55H95NO8/c1-3-5-7-9-11-12-13-14-15-16-17-18-19-20-21-22-23-24-25-26-27-28-29-30-31-32-33-34-35-36-37-38-39-41-43-45-51(59)56-48(49(58)44-42-40-10-8-6-4-2)47-63-55-54(62)53(61)52(60)50(46-57)64-55/h5,7,11-12,14-15,17-18,20-21,23-24,42,44,48-50,52-55,57-58,60-62H,3-4,6,8-10,13,16,19,22,25-41,43,45-47H2,1-2H3,(H,56,59)/b7-5-,12-11-,15-14-,18-17-,21-20-,24-23-,44-42+. The van der Waals surface area contributed by atoms with Gasteiger partial charge in [0.05, 0.1) is 25.4 Å². The highest BCUT2D eigenvalue weighted by Crippen LogP contribution is 2.23. The number of allylic oxidation sites excluding steroid dienone is 13. The number of ether oxygens (including phenoxy) is 2. The summed E-state index contributed by atoms with van der Waals surface area (Å²) in [5, 5.41) is 53.9. The molecule has 0 aromatic rings. The third kappa shape index (κ3) is 33.8. The number of rotatable bonds is 42. The van der Waals surface area contributed by atoms with Crippen LogP contribution < -0.4 is 5.32 Å². The molecule has 1 aliphatic heterocycles. The Balaban J connectivity index is 2.05.